The summed E-state index contributed by atoms with van der Waals surface area (Å²) in [6, 6.07) is 16.7. The molecule has 4 aromatic rings. The van der Waals surface area contributed by atoms with Crippen molar-refractivity contribution in [3.8, 4) is 5.75 Å². The molecule has 0 fully saturated rings. The maximum absolute atomic E-state index is 13.6. The normalized spacial score (nSPS) is 11.5. The van der Waals surface area contributed by atoms with E-state index in [1.165, 1.54) is 29.7 Å². The van der Waals surface area contributed by atoms with Crippen LogP contribution in [0.4, 0.5) is 17.2 Å². The van der Waals surface area contributed by atoms with Gasteiger partial charge in [-0.1, -0.05) is 11.6 Å². The number of methoxy groups -OCH3 is 1. The van der Waals surface area contributed by atoms with E-state index in [-0.39, 0.29) is 42.7 Å². The van der Waals surface area contributed by atoms with Crippen molar-refractivity contribution in [3.05, 3.63) is 77.6 Å². The molecule has 0 aliphatic rings. The molecular formula is C27H29ClN6O4S. The number of ether oxygens (including phenoxy) is 1. The SMILES string of the molecule is COc1ccc(S(=O)(=O)N(CCNc2cc(C)nc3ccc(Cl)cc23)CCC(=O)Nc2cccnc2N)cc1. The number of nitrogens with two attached hydrogens (primary N) is 1. The van der Waals surface area contributed by atoms with E-state index in [0.29, 0.717) is 16.5 Å². The minimum absolute atomic E-state index is 0.0516. The van der Waals surface area contributed by atoms with Crippen molar-refractivity contribution < 1.29 is 17.9 Å². The van der Waals surface area contributed by atoms with E-state index in [4.69, 9.17) is 22.1 Å². The minimum atomic E-state index is -3.93. The van der Waals surface area contributed by atoms with Gasteiger partial charge in [0.2, 0.25) is 15.9 Å². The van der Waals surface area contributed by atoms with Gasteiger partial charge in [0.15, 0.2) is 0 Å². The first-order valence-electron chi connectivity index (χ1n) is 12.1. The lowest BCUT2D eigenvalue weighted by Crippen LogP contribution is -2.37. The maximum atomic E-state index is 13.6. The number of aryl methyl sites for hydroxylation is 1. The van der Waals surface area contributed by atoms with Crippen LogP contribution >= 0.6 is 11.6 Å². The highest BCUT2D eigenvalue weighted by Crippen LogP contribution is 2.26. The van der Waals surface area contributed by atoms with Gasteiger partial charge in [-0.15, -0.1) is 0 Å². The van der Waals surface area contributed by atoms with Gasteiger partial charge in [0, 0.05) is 54.0 Å². The Kier molecular flexibility index (Phi) is 8.85. The fourth-order valence-electron chi connectivity index (χ4n) is 4.00. The summed E-state index contributed by atoms with van der Waals surface area (Å²) >= 11 is 6.20. The Morgan fingerprint density at radius 3 is 2.56 bits per heavy atom. The Balaban J connectivity index is 1.52. The predicted octanol–water partition coefficient (Wildman–Crippen LogP) is 4.31. The van der Waals surface area contributed by atoms with Gasteiger partial charge in [-0.2, -0.15) is 4.31 Å². The molecule has 39 heavy (non-hydrogen) atoms. The molecule has 0 aliphatic heterocycles. The first-order chi connectivity index (χ1) is 18.7. The van der Waals surface area contributed by atoms with Crippen LogP contribution in [0.1, 0.15) is 12.1 Å². The average molecular weight is 569 g/mol. The number of rotatable bonds is 11. The predicted molar refractivity (Wildman–Crippen MR) is 154 cm³/mol. The molecule has 10 nitrogen and oxygen atoms in total. The van der Waals surface area contributed by atoms with Crippen molar-refractivity contribution >= 4 is 55.6 Å². The zero-order chi connectivity index (χ0) is 28.0. The van der Waals surface area contributed by atoms with Crippen molar-refractivity contribution in [1.29, 1.82) is 0 Å². The van der Waals surface area contributed by atoms with E-state index in [1.807, 2.05) is 25.1 Å². The van der Waals surface area contributed by atoms with E-state index >= 15 is 0 Å². The van der Waals surface area contributed by atoms with Crippen LogP contribution in [0.5, 0.6) is 5.75 Å². The molecule has 0 aliphatic carbocycles. The lowest BCUT2D eigenvalue weighted by atomic mass is 10.1. The molecule has 0 radical (unpaired) electrons. The number of anilines is 3. The van der Waals surface area contributed by atoms with E-state index < -0.39 is 10.0 Å². The topological polar surface area (TPSA) is 140 Å². The zero-order valence-corrected chi connectivity index (χ0v) is 23.1. The largest absolute Gasteiger partial charge is 0.497 e. The van der Waals surface area contributed by atoms with Crippen molar-refractivity contribution in [3.63, 3.8) is 0 Å². The molecule has 2 heterocycles. The molecule has 0 unspecified atom stereocenters. The second kappa shape index (κ2) is 12.3. The fraction of sp³-hybridized carbons (Fsp3) is 0.222. The van der Waals surface area contributed by atoms with Crippen LogP contribution in [0.15, 0.2) is 71.8 Å². The summed E-state index contributed by atoms with van der Waals surface area (Å²) in [5.41, 5.74) is 8.54. The van der Waals surface area contributed by atoms with Gasteiger partial charge < -0.3 is 21.1 Å². The Morgan fingerprint density at radius 1 is 1.08 bits per heavy atom. The monoisotopic (exact) mass is 568 g/mol. The number of aromatic nitrogens is 2. The average Bonchev–Trinajstić information content (AvgIpc) is 2.92. The number of nitrogens with one attached hydrogen (secondary N) is 2. The third-order valence-electron chi connectivity index (χ3n) is 5.97. The lowest BCUT2D eigenvalue weighted by Gasteiger charge is -2.23. The summed E-state index contributed by atoms with van der Waals surface area (Å²) in [6.45, 7) is 2.20. The van der Waals surface area contributed by atoms with Crippen molar-refractivity contribution in [2.75, 3.05) is 43.1 Å². The number of benzene rings is 2. The highest BCUT2D eigenvalue weighted by Gasteiger charge is 2.25. The van der Waals surface area contributed by atoms with Gasteiger partial charge in [0.05, 0.1) is 23.2 Å². The molecule has 0 saturated carbocycles. The van der Waals surface area contributed by atoms with Gasteiger partial charge in [-0.05, 0) is 67.6 Å². The third-order valence-corrected chi connectivity index (χ3v) is 8.12. The molecule has 1 amide bonds. The standard InChI is InChI=1S/C27H29ClN6O4S/c1-18-16-25(22-17-19(28)5-10-23(22)32-18)30-13-15-34(39(36,37)21-8-6-20(38-2)7-9-21)14-11-26(35)33-24-4-3-12-31-27(24)29/h3-10,12,16-17H,11,13-15H2,1-2H3,(H2,29,31)(H,30,32)(H,33,35). The number of carbonyl (C=O) groups is 1. The Morgan fingerprint density at radius 2 is 1.85 bits per heavy atom. The molecule has 204 valence electrons. The number of hydrogen-bond donors (Lipinski definition) is 3. The van der Waals surface area contributed by atoms with Crippen molar-refractivity contribution in [2.45, 2.75) is 18.2 Å². The maximum Gasteiger partial charge on any atom is 0.243 e. The summed E-state index contributed by atoms with van der Waals surface area (Å²) in [5, 5.41) is 7.39. The van der Waals surface area contributed by atoms with Crippen LogP contribution in [0.3, 0.4) is 0 Å². The molecule has 4 rings (SSSR count). The van der Waals surface area contributed by atoms with Gasteiger partial charge in [0.1, 0.15) is 11.6 Å². The quantitative estimate of drug-likeness (QED) is 0.243. The van der Waals surface area contributed by atoms with Crippen LogP contribution in [0, 0.1) is 6.92 Å². The second-order valence-corrected chi connectivity index (χ2v) is 11.1. The molecule has 0 atom stereocenters. The summed E-state index contributed by atoms with van der Waals surface area (Å²) in [5.74, 6) is 0.329. The first kappa shape index (κ1) is 28.1. The van der Waals surface area contributed by atoms with Gasteiger partial charge >= 0.3 is 0 Å². The molecule has 12 heteroatoms. The van der Waals surface area contributed by atoms with Gasteiger partial charge in [0.25, 0.3) is 0 Å². The Hall–Kier alpha value is -3.93. The molecule has 0 saturated heterocycles. The summed E-state index contributed by atoms with van der Waals surface area (Å²) < 4.78 is 33.6. The molecule has 2 aromatic heterocycles. The van der Waals surface area contributed by atoms with Crippen LogP contribution in [0.25, 0.3) is 10.9 Å². The van der Waals surface area contributed by atoms with Crippen LogP contribution in [-0.2, 0) is 14.8 Å². The van der Waals surface area contributed by atoms with Crippen LogP contribution in [-0.4, -0.2) is 55.3 Å². The molecule has 2 aromatic carbocycles. The van der Waals surface area contributed by atoms with Gasteiger partial charge in [-0.25, -0.2) is 13.4 Å². The number of carbonyl (C=O) groups excluding carboxylic acids is 1. The highest BCUT2D eigenvalue weighted by molar-refractivity contribution is 7.89. The summed E-state index contributed by atoms with van der Waals surface area (Å²) in [7, 11) is -2.42. The van der Waals surface area contributed by atoms with Crippen LogP contribution < -0.4 is 21.1 Å². The second-order valence-electron chi connectivity index (χ2n) is 8.71. The number of nitrogens with zero attached hydrogens (tertiary/aromatic N) is 3. The van der Waals surface area contributed by atoms with Crippen molar-refractivity contribution in [2.24, 2.45) is 0 Å². The first-order valence-corrected chi connectivity index (χ1v) is 13.9. The lowest BCUT2D eigenvalue weighted by molar-refractivity contribution is -0.116. The van der Waals surface area contributed by atoms with E-state index in [9.17, 15) is 13.2 Å². The number of sulfonamides is 1. The third kappa shape index (κ3) is 6.94. The number of hydrogen-bond acceptors (Lipinski definition) is 8. The van der Waals surface area contributed by atoms with Crippen LogP contribution in [0.2, 0.25) is 5.02 Å². The van der Waals surface area contributed by atoms with E-state index in [0.717, 1.165) is 22.3 Å². The molecule has 0 bridgehead atoms. The van der Waals surface area contributed by atoms with Gasteiger partial charge in [-0.3, -0.25) is 9.78 Å². The number of halogens is 1. The Bertz CT molecular complexity index is 1580. The van der Waals surface area contributed by atoms with E-state index in [2.05, 4.69) is 20.6 Å². The number of amides is 1. The number of pyridine rings is 2. The summed E-state index contributed by atoms with van der Waals surface area (Å²) in [4.78, 5) is 21.2. The minimum Gasteiger partial charge on any atom is -0.497 e. The Labute approximate surface area is 232 Å². The molecule has 0 spiro atoms. The zero-order valence-electron chi connectivity index (χ0n) is 21.5. The number of fused-ring (bicyclic) bond motifs is 1. The molecular weight excluding hydrogens is 540 g/mol. The number of nitrogen functional groups attached to an aromatic ring is 1. The van der Waals surface area contributed by atoms with E-state index in [1.54, 1.807) is 30.3 Å². The molecule has 4 N–H and O–H groups in total. The van der Waals surface area contributed by atoms with Crippen molar-refractivity contribution in [1.82, 2.24) is 14.3 Å². The fourth-order valence-corrected chi connectivity index (χ4v) is 5.62. The smallest absolute Gasteiger partial charge is 0.243 e. The summed E-state index contributed by atoms with van der Waals surface area (Å²) in [6.07, 6.45) is 1.43. The highest BCUT2D eigenvalue weighted by atomic mass is 35.5.